The van der Waals surface area contributed by atoms with E-state index in [4.69, 9.17) is 11.5 Å². The van der Waals surface area contributed by atoms with E-state index in [0.29, 0.717) is 12.4 Å². The number of nitrogen functional groups attached to an aromatic ring is 1. The maximum Gasteiger partial charge on any atom is 0.125 e. The van der Waals surface area contributed by atoms with Crippen molar-refractivity contribution in [1.29, 1.82) is 0 Å². The number of nitrogens with two attached hydrogens (primary N) is 2. The van der Waals surface area contributed by atoms with E-state index in [2.05, 4.69) is 9.89 Å². The lowest BCUT2D eigenvalue weighted by atomic mass is 10.2. The number of hydrogen-bond acceptors (Lipinski definition) is 3. The van der Waals surface area contributed by atoms with Gasteiger partial charge in [0.2, 0.25) is 0 Å². The van der Waals surface area contributed by atoms with E-state index in [1.54, 1.807) is 0 Å². The second-order valence-corrected chi connectivity index (χ2v) is 3.69. The van der Waals surface area contributed by atoms with Crippen molar-refractivity contribution in [3.8, 4) is 0 Å². The average Bonchev–Trinajstić information content (AvgIpc) is 2.18. The van der Waals surface area contributed by atoms with Gasteiger partial charge in [0.1, 0.15) is 5.84 Å². The monoisotopic (exact) mass is 206 g/mol. The number of hydrogen-bond donors (Lipinski definition) is 2. The van der Waals surface area contributed by atoms with Crippen LogP contribution in [0.4, 0.5) is 5.69 Å². The lowest BCUT2D eigenvalue weighted by Crippen LogP contribution is -2.19. The molecule has 0 fully saturated rings. The normalized spacial score (nSPS) is 12.1. The highest BCUT2D eigenvalue weighted by Crippen LogP contribution is 2.04. The van der Waals surface area contributed by atoms with Crippen LogP contribution in [0.25, 0.3) is 0 Å². The number of rotatable bonds is 4. The molecule has 0 unspecified atom stereocenters. The molecule has 4 nitrogen and oxygen atoms in total. The minimum atomic E-state index is 0.567. The highest BCUT2D eigenvalue weighted by atomic mass is 15.1. The highest BCUT2D eigenvalue weighted by molar-refractivity contribution is 5.97. The first-order chi connectivity index (χ1) is 7.09. The van der Waals surface area contributed by atoms with Crippen molar-refractivity contribution >= 4 is 11.5 Å². The zero-order chi connectivity index (χ0) is 11.3. The van der Waals surface area contributed by atoms with Crippen LogP contribution < -0.4 is 11.5 Å². The molecule has 0 bridgehead atoms. The molecular formula is C11H18N4. The molecule has 0 aliphatic carbocycles. The van der Waals surface area contributed by atoms with E-state index >= 15 is 0 Å². The van der Waals surface area contributed by atoms with Crippen LogP contribution in [-0.2, 0) is 0 Å². The molecule has 0 aromatic heterocycles. The summed E-state index contributed by atoms with van der Waals surface area (Å²) < 4.78 is 0. The standard InChI is InChI=1S/C11H18N4/c1-15(2)8-7-14-11(13)9-3-5-10(12)6-4-9/h3-6H,7-8,12H2,1-2H3,(H2,13,14). The highest BCUT2D eigenvalue weighted by Gasteiger charge is 1.97. The summed E-state index contributed by atoms with van der Waals surface area (Å²) in [6.07, 6.45) is 0. The fourth-order valence-electron chi connectivity index (χ4n) is 1.12. The molecular weight excluding hydrogens is 188 g/mol. The van der Waals surface area contributed by atoms with Gasteiger partial charge in [-0.05, 0) is 38.4 Å². The zero-order valence-electron chi connectivity index (χ0n) is 9.27. The van der Waals surface area contributed by atoms with E-state index in [1.165, 1.54) is 0 Å². The molecule has 0 spiro atoms. The Bertz CT molecular complexity index is 327. The SMILES string of the molecule is CN(C)CCN=C(N)c1ccc(N)cc1. The Morgan fingerprint density at radius 2 is 1.87 bits per heavy atom. The van der Waals surface area contributed by atoms with Crippen LogP contribution in [0.1, 0.15) is 5.56 Å². The third-order valence-electron chi connectivity index (χ3n) is 2.04. The van der Waals surface area contributed by atoms with Crippen LogP contribution in [0.15, 0.2) is 29.3 Å². The lowest BCUT2D eigenvalue weighted by Gasteiger charge is -2.07. The van der Waals surface area contributed by atoms with Crippen LogP contribution >= 0.6 is 0 Å². The molecule has 15 heavy (non-hydrogen) atoms. The quantitative estimate of drug-likeness (QED) is 0.429. The Labute approximate surface area is 90.6 Å². The predicted octanol–water partition coefficient (Wildman–Crippen LogP) is 0.536. The van der Waals surface area contributed by atoms with Crippen LogP contribution in [0, 0.1) is 0 Å². The van der Waals surface area contributed by atoms with Gasteiger partial charge in [0.05, 0.1) is 6.54 Å². The largest absolute Gasteiger partial charge is 0.399 e. The van der Waals surface area contributed by atoms with Gasteiger partial charge in [-0.25, -0.2) is 0 Å². The van der Waals surface area contributed by atoms with E-state index in [0.717, 1.165) is 17.8 Å². The maximum absolute atomic E-state index is 5.82. The Morgan fingerprint density at radius 3 is 2.40 bits per heavy atom. The van der Waals surface area contributed by atoms with Gasteiger partial charge >= 0.3 is 0 Å². The number of nitrogens with zero attached hydrogens (tertiary/aromatic N) is 2. The molecule has 0 atom stereocenters. The Hall–Kier alpha value is -1.55. The van der Waals surface area contributed by atoms with Crippen molar-refractivity contribution in [3.05, 3.63) is 29.8 Å². The van der Waals surface area contributed by atoms with Crippen LogP contribution in [0.3, 0.4) is 0 Å². The molecule has 1 rings (SSSR count). The molecule has 0 saturated carbocycles. The summed E-state index contributed by atoms with van der Waals surface area (Å²) in [6.45, 7) is 1.61. The average molecular weight is 206 g/mol. The fraction of sp³-hybridized carbons (Fsp3) is 0.364. The molecule has 1 aromatic rings. The van der Waals surface area contributed by atoms with Gasteiger partial charge in [-0.2, -0.15) is 0 Å². The fourth-order valence-corrected chi connectivity index (χ4v) is 1.12. The van der Waals surface area contributed by atoms with Crippen molar-refractivity contribution in [2.24, 2.45) is 10.7 Å². The molecule has 0 aliphatic rings. The van der Waals surface area contributed by atoms with E-state index in [9.17, 15) is 0 Å². The molecule has 0 heterocycles. The third kappa shape index (κ3) is 3.99. The van der Waals surface area contributed by atoms with Crippen LogP contribution in [0.5, 0.6) is 0 Å². The van der Waals surface area contributed by atoms with Crippen LogP contribution in [0.2, 0.25) is 0 Å². The minimum absolute atomic E-state index is 0.567. The second kappa shape index (κ2) is 5.36. The summed E-state index contributed by atoms with van der Waals surface area (Å²) in [6, 6.07) is 7.40. The third-order valence-corrected chi connectivity index (χ3v) is 2.04. The van der Waals surface area contributed by atoms with Gasteiger partial charge in [-0.3, -0.25) is 4.99 Å². The van der Waals surface area contributed by atoms with Gasteiger partial charge in [-0.15, -0.1) is 0 Å². The number of amidine groups is 1. The molecule has 0 saturated heterocycles. The molecule has 82 valence electrons. The first kappa shape index (κ1) is 11.5. The Morgan fingerprint density at radius 1 is 1.27 bits per heavy atom. The second-order valence-electron chi connectivity index (χ2n) is 3.69. The summed E-state index contributed by atoms with van der Waals surface area (Å²) >= 11 is 0. The van der Waals surface area contributed by atoms with E-state index in [-0.39, 0.29) is 0 Å². The van der Waals surface area contributed by atoms with Gasteiger partial charge in [0.25, 0.3) is 0 Å². The number of anilines is 1. The molecule has 0 radical (unpaired) electrons. The summed E-state index contributed by atoms with van der Waals surface area (Å²) in [5.41, 5.74) is 13.1. The van der Waals surface area contributed by atoms with Gasteiger partial charge in [-0.1, -0.05) is 0 Å². The summed E-state index contributed by atoms with van der Waals surface area (Å²) in [5, 5.41) is 0. The number of aliphatic imine (C=N–C) groups is 1. The molecule has 1 aromatic carbocycles. The van der Waals surface area contributed by atoms with Gasteiger partial charge in [0, 0.05) is 17.8 Å². The maximum atomic E-state index is 5.82. The summed E-state index contributed by atoms with van der Waals surface area (Å²) in [4.78, 5) is 6.35. The summed E-state index contributed by atoms with van der Waals surface area (Å²) in [5.74, 6) is 0.567. The first-order valence-corrected chi connectivity index (χ1v) is 4.90. The van der Waals surface area contributed by atoms with Crippen molar-refractivity contribution < 1.29 is 0 Å². The molecule has 0 aliphatic heterocycles. The Balaban J connectivity index is 2.59. The minimum Gasteiger partial charge on any atom is -0.399 e. The molecule has 4 heteroatoms. The summed E-state index contributed by atoms with van der Waals surface area (Å²) in [7, 11) is 4.02. The van der Waals surface area contributed by atoms with E-state index in [1.807, 2.05) is 38.4 Å². The van der Waals surface area contributed by atoms with E-state index < -0.39 is 0 Å². The van der Waals surface area contributed by atoms with Crippen molar-refractivity contribution in [2.45, 2.75) is 0 Å². The Kier molecular flexibility index (Phi) is 4.12. The van der Waals surface area contributed by atoms with Crippen LogP contribution in [-0.4, -0.2) is 37.9 Å². The smallest absolute Gasteiger partial charge is 0.125 e. The lowest BCUT2D eigenvalue weighted by molar-refractivity contribution is 0.420. The zero-order valence-corrected chi connectivity index (χ0v) is 9.27. The van der Waals surface area contributed by atoms with Crippen molar-refractivity contribution in [3.63, 3.8) is 0 Å². The van der Waals surface area contributed by atoms with Crippen molar-refractivity contribution in [1.82, 2.24) is 4.90 Å². The number of likely N-dealkylation sites (N-methyl/N-ethyl adjacent to an activating group) is 1. The molecule has 0 amide bonds. The molecule has 4 N–H and O–H groups in total. The first-order valence-electron chi connectivity index (χ1n) is 4.90. The predicted molar refractivity (Wildman–Crippen MR) is 65.0 cm³/mol. The number of benzene rings is 1. The van der Waals surface area contributed by atoms with Crippen molar-refractivity contribution in [2.75, 3.05) is 32.9 Å². The topological polar surface area (TPSA) is 67.6 Å². The van der Waals surface area contributed by atoms with Gasteiger partial charge < -0.3 is 16.4 Å². The van der Waals surface area contributed by atoms with Gasteiger partial charge in [0.15, 0.2) is 0 Å².